The summed E-state index contributed by atoms with van der Waals surface area (Å²) in [7, 11) is -3.71. The van der Waals surface area contributed by atoms with Gasteiger partial charge < -0.3 is 39.3 Å². The Bertz CT molecular complexity index is 2890. The average Bonchev–Trinajstić information content (AvgIpc) is 3.93. The van der Waals surface area contributed by atoms with E-state index in [1.165, 1.54) is 6.07 Å². The number of thioether (sulfide) groups is 1. The standard InChI is InChI=1S/C54H61ClN7O7PS/c1-37(2)61-38(3)51(54(64)65)52(53(61)39-12-14-41(55)15-13-39)40-8-7-9-45(34-40)59-30-28-58(29-31-59)43-16-18-44(19-17-43)60-32-33-69-70(60,68)47-20-21-49(50(35-47)62(66)67)56-42(36-71-48-10-5-4-6-11-48)22-25-57-26-23-46(63)24-27-57/h4-21,34-35,37,42,46,56,63H,22-33,36H2,1-3H3,(H,64,65)/t42-,70-/m1/s1. The maximum atomic E-state index is 14.9. The number of likely N-dealkylation sites (tertiary alicyclic amines) is 1. The molecule has 0 amide bonds. The molecule has 3 fully saturated rings. The van der Waals surface area contributed by atoms with Crippen LogP contribution in [0.2, 0.25) is 5.02 Å². The number of aliphatic hydroxyl groups is 1. The number of aliphatic hydroxyl groups excluding tert-OH is 1. The highest BCUT2D eigenvalue weighted by Gasteiger charge is 2.41. The highest BCUT2D eigenvalue weighted by Crippen LogP contribution is 2.56. The molecule has 3 aliphatic rings. The van der Waals surface area contributed by atoms with Gasteiger partial charge in [0.25, 0.3) is 5.69 Å². The molecule has 0 bridgehead atoms. The van der Waals surface area contributed by atoms with Crippen molar-refractivity contribution in [2.24, 2.45) is 0 Å². The van der Waals surface area contributed by atoms with Crippen molar-refractivity contribution >= 4 is 70.6 Å². The summed E-state index contributed by atoms with van der Waals surface area (Å²) in [4.78, 5) is 33.3. The van der Waals surface area contributed by atoms with Gasteiger partial charge in [0.1, 0.15) is 5.69 Å². The number of nitro groups is 1. The summed E-state index contributed by atoms with van der Waals surface area (Å²) in [5, 5.41) is 37.7. The first-order valence-electron chi connectivity index (χ1n) is 24.4. The Kier molecular flexibility index (Phi) is 15.5. The smallest absolute Gasteiger partial charge is 0.338 e. The number of aromatic carboxylic acids is 1. The molecule has 2 atom stereocenters. The van der Waals surface area contributed by atoms with Gasteiger partial charge in [0, 0.05) is 108 Å². The molecule has 6 aromatic rings. The van der Waals surface area contributed by atoms with Crippen LogP contribution in [0, 0.1) is 17.0 Å². The van der Waals surface area contributed by atoms with Crippen LogP contribution in [0.5, 0.6) is 0 Å². The minimum atomic E-state index is -3.71. The van der Waals surface area contributed by atoms with Gasteiger partial charge in [0.05, 0.1) is 40.7 Å². The van der Waals surface area contributed by atoms with Gasteiger partial charge >= 0.3 is 13.5 Å². The minimum Gasteiger partial charge on any atom is -0.478 e. The summed E-state index contributed by atoms with van der Waals surface area (Å²) >= 11 is 7.98. The lowest BCUT2D eigenvalue weighted by Gasteiger charge is -2.37. The third kappa shape index (κ3) is 11.0. The number of nitro benzene ring substituents is 1. The Morgan fingerprint density at radius 3 is 2.18 bits per heavy atom. The number of rotatable bonds is 17. The molecule has 0 unspecified atom stereocenters. The Hall–Kier alpha value is -5.80. The van der Waals surface area contributed by atoms with Crippen LogP contribution < -0.4 is 25.1 Å². The van der Waals surface area contributed by atoms with Gasteiger partial charge in [-0.1, -0.05) is 54.1 Å². The summed E-state index contributed by atoms with van der Waals surface area (Å²) in [6, 6.07) is 38.4. The zero-order chi connectivity index (χ0) is 49.8. The van der Waals surface area contributed by atoms with Crippen molar-refractivity contribution in [3.63, 3.8) is 0 Å². The number of anilines is 4. The zero-order valence-corrected chi connectivity index (χ0v) is 42.8. The van der Waals surface area contributed by atoms with Crippen molar-refractivity contribution in [3.05, 3.63) is 148 Å². The molecule has 1 aromatic heterocycles. The number of hydrogen-bond acceptors (Lipinski definition) is 11. The van der Waals surface area contributed by atoms with E-state index in [0.29, 0.717) is 45.5 Å². The molecule has 4 heterocycles. The van der Waals surface area contributed by atoms with Crippen LogP contribution in [0.3, 0.4) is 0 Å². The average molecular weight is 1020 g/mol. The number of nitrogens with one attached hydrogen (secondary N) is 1. The fourth-order valence-corrected chi connectivity index (χ4v) is 13.6. The summed E-state index contributed by atoms with van der Waals surface area (Å²) in [6.07, 6.45) is 1.97. The number of nitrogens with zero attached hydrogens (tertiary/aromatic N) is 6. The molecular weight excluding hydrogens is 957 g/mol. The van der Waals surface area contributed by atoms with Gasteiger partial charge in [-0.25, -0.2) is 4.79 Å². The monoisotopic (exact) mass is 1020 g/mol. The lowest BCUT2D eigenvalue weighted by Crippen LogP contribution is -2.46. The van der Waals surface area contributed by atoms with Crippen molar-refractivity contribution < 1.29 is 29.0 Å². The molecule has 3 saturated heterocycles. The van der Waals surface area contributed by atoms with Gasteiger partial charge in [0.15, 0.2) is 0 Å². The normalized spacial score (nSPS) is 18.3. The number of halogens is 1. The quantitative estimate of drug-likeness (QED) is 0.0344. The fraction of sp³-hybridized carbons (Fsp3) is 0.352. The van der Waals surface area contributed by atoms with Crippen molar-refractivity contribution in [1.29, 1.82) is 0 Å². The number of benzene rings is 5. The number of piperidine rings is 1. The van der Waals surface area contributed by atoms with Crippen LogP contribution >= 0.6 is 30.9 Å². The van der Waals surface area contributed by atoms with E-state index in [2.05, 4.69) is 62.7 Å². The number of piperazine rings is 1. The SMILES string of the molecule is Cc1c(C(=O)O)c(-c2cccc(N3CCN(c4ccc(N5CCO[P@]5(=O)c5ccc(N[C@H](CCN6CCC(O)CC6)CSc6ccccc6)c([N+](=O)[O-])c5)cc4)CC3)c2)c(-c2ccc(Cl)cc2)n1C(C)C. The molecule has 5 aromatic carbocycles. The first kappa shape index (κ1) is 50.2. The van der Waals surface area contributed by atoms with Crippen molar-refractivity contribution in [1.82, 2.24) is 9.47 Å². The summed E-state index contributed by atoms with van der Waals surface area (Å²) < 4.78 is 24.7. The first-order valence-corrected chi connectivity index (χ1v) is 27.3. The van der Waals surface area contributed by atoms with E-state index in [-0.39, 0.29) is 35.8 Å². The van der Waals surface area contributed by atoms with Gasteiger partial charge in [-0.15, -0.1) is 11.8 Å². The summed E-state index contributed by atoms with van der Waals surface area (Å²) in [5.41, 5.74) is 7.20. The maximum Gasteiger partial charge on any atom is 0.338 e. The van der Waals surface area contributed by atoms with Crippen LogP contribution in [0.1, 0.15) is 55.2 Å². The molecule has 372 valence electrons. The van der Waals surface area contributed by atoms with Gasteiger partial charge in [-0.2, -0.15) is 0 Å². The molecule has 9 rings (SSSR count). The molecule has 0 radical (unpaired) electrons. The van der Waals surface area contributed by atoms with Crippen molar-refractivity contribution in [3.8, 4) is 22.4 Å². The van der Waals surface area contributed by atoms with E-state index in [0.717, 1.165) is 98.2 Å². The predicted octanol–water partition coefficient (Wildman–Crippen LogP) is 11.1. The zero-order valence-electron chi connectivity index (χ0n) is 40.3. The maximum absolute atomic E-state index is 14.9. The van der Waals surface area contributed by atoms with Crippen molar-refractivity contribution in [2.45, 2.75) is 63.1 Å². The van der Waals surface area contributed by atoms with E-state index in [1.807, 2.05) is 85.8 Å². The molecule has 71 heavy (non-hydrogen) atoms. The fourth-order valence-electron chi connectivity index (χ4n) is 10.2. The second-order valence-corrected chi connectivity index (χ2v) is 22.6. The van der Waals surface area contributed by atoms with Crippen LogP contribution in [0.25, 0.3) is 22.4 Å². The number of carbonyl (C=O) groups is 1. The Labute approximate surface area is 424 Å². The third-order valence-corrected chi connectivity index (χ3v) is 17.8. The van der Waals surface area contributed by atoms with E-state index >= 15 is 0 Å². The minimum absolute atomic E-state index is 0.0162. The van der Waals surface area contributed by atoms with E-state index in [1.54, 1.807) is 28.6 Å². The number of carboxylic acids is 1. The van der Waals surface area contributed by atoms with Crippen LogP contribution in [-0.4, -0.2) is 107 Å². The van der Waals surface area contributed by atoms with Crippen LogP contribution in [0.4, 0.5) is 28.4 Å². The molecule has 0 saturated carbocycles. The van der Waals surface area contributed by atoms with E-state index < -0.39 is 18.4 Å². The van der Waals surface area contributed by atoms with Crippen molar-refractivity contribution in [2.75, 3.05) is 84.5 Å². The summed E-state index contributed by atoms with van der Waals surface area (Å²) in [6.45, 7) is 12.0. The number of hydrogen-bond donors (Lipinski definition) is 3. The molecule has 3 aliphatic heterocycles. The second-order valence-electron chi connectivity index (χ2n) is 18.8. The highest BCUT2D eigenvalue weighted by atomic mass is 35.5. The van der Waals surface area contributed by atoms with E-state index in [4.69, 9.17) is 16.1 Å². The molecule has 0 spiro atoms. The lowest BCUT2D eigenvalue weighted by molar-refractivity contribution is -0.383. The van der Waals surface area contributed by atoms with Crippen LogP contribution in [-0.2, 0) is 9.09 Å². The number of aromatic nitrogens is 1. The lowest BCUT2D eigenvalue weighted by atomic mass is 9.96. The molecule has 0 aliphatic carbocycles. The predicted molar refractivity (Wildman–Crippen MR) is 288 cm³/mol. The Morgan fingerprint density at radius 2 is 1.52 bits per heavy atom. The molecule has 14 nitrogen and oxygen atoms in total. The Balaban J connectivity index is 0.885. The molecule has 17 heteroatoms. The van der Waals surface area contributed by atoms with Gasteiger partial charge in [-0.05, 0) is 124 Å². The second kappa shape index (κ2) is 21.9. The number of carboxylic acid groups (broad SMARTS) is 1. The molecule has 3 N–H and O–H groups in total. The Morgan fingerprint density at radius 1 is 0.845 bits per heavy atom. The first-order chi connectivity index (χ1) is 34.3. The van der Waals surface area contributed by atoms with E-state index in [9.17, 15) is 29.7 Å². The van der Waals surface area contributed by atoms with Gasteiger partial charge in [0.2, 0.25) is 0 Å². The molecular formula is C54H61ClN7O7PS. The van der Waals surface area contributed by atoms with Crippen LogP contribution in [0.15, 0.2) is 126 Å². The largest absolute Gasteiger partial charge is 0.478 e. The topological polar surface area (TPSA) is 157 Å². The van der Waals surface area contributed by atoms with Gasteiger partial charge in [-0.3, -0.25) is 19.3 Å². The summed E-state index contributed by atoms with van der Waals surface area (Å²) in [5.74, 6) is -0.281. The third-order valence-electron chi connectivity index (χ3n) is 13.9. The highest BCUT2D eigenvalue weighted by molar-refractivity contribution is 7.99.